The van der Waals surface area contributed by atoms with E-state index in [9.17, 15) is 0 Å². The fraction of sp³-hybridized carbons (Fsp3) is 0. The smallest absolute Gasteiger partial charge is 0.159 e. The van der Waals surface area contributed by atoms with Gasteiger partial charge in [-0.15, -0.1) is 0 Å². The Hall–Kier alpha value is -7.36. The van der Waals surface area contributed by atoms with Crippen molar-refractivity contribution in [2.24, 2.45) is 0 Å². The molecule has 258 valence electrons. The molecule has 0 aliphatic heterocycles. The zero-order chi connectivity index (χ0) is 36.3. The quantitative estimate of drug-likeness (QED) is 0.173. The summed E-state index contributed by atoms with van der Waals surface area (Å²) in [5.41, 5.74) is 13.5. The Morgan fingerprint density at radius 3 is 1.75 bits per heavy atom. The maximum Gasteiger partial charge on any atom is 0.159 e. The number of nitrogens with zero attached hydrogens (tertiary/aromatic N) is 1. The van der Waals surface area contributed by atoms with Gasteiger partial charge >= 0.3 is 0 Å². The highest BCUT2D eigenvalue weighted by molar-refractivity contribution is 6.14. The third-order valence-electron chi connectivity index (χ3n) is 10.9. The summed E-state index contributed by atoms with van der Waals surface area (Å²) in [5.74, 6) is 0. The first-order valence-electron chi connectivity index (χ1n) is 18.7. The van der Waals surface area contributed by atoms with Crippen LogP contribution in [0, 0.1) is 0 Å². The first-order valence-corrected chi connectivity index (χ1v) is 18.7. The maximum absolute atomic E-state index is 6.97. The molecule has 3 nitrogen and oxygen atoms in total. The molecule has 55 heavy (non-hydrogen) atoms. The number of benzene rings is 9. The Balaban J connectivity index is 1.09. The van der Waals surface area contributed by atoms with Gasteiger partial charge in [-0.25, -0.2) is 0 Å². The number of fused-ring (bicyclic) bond motifs is 7. The van der Waals surface area contributed by atoms with Crippen molar-refractivity contribution in [2.75, 3.05) is 4.90 Å². The summed E-state index contributed by atoms with van der Waals surface area (Å²) >= 11 is 0. The molecule has 0 spiro atoms. The highest BCUT2D eigenvalue weighted by Gasteiger charge is 2.21. The van der Waals surface area contributed by atoms with E-state index in [2.05, 4.69) is 187 Å². The Morgan fingerprint density at radius 2 is 0.909 bits per heavy atom. The highest BCUT2D eigenvalue weighted by atomic mass is 16.3. The average Bonchev–Trinajstić information content (AvgIpc) is 3.84. The van der Waals surface area contributed by atoms with Crippen molar-refractivity contribution >= 4 is 71.7 Å². The Bertz CT molecular complexity index is 3190. The summed E-state index contributed by atoms with van der Waals surface area (Å²) in [7, 11) is 0. The summed E-state index contributed by atoms with van der Waals surface area (Å²) in [6.07, 6.45) is 0. The topological polar surface area (TPSA) is 29.5 Å². The first kappa shape index (κ1) is 31.2. The SMILES string of the molecule is c1ccc(-c2ccc3cc(N(c4ccc(-c5cccc6oc7ccccc7c56)cc4)c4cccc5c4oc4c(-c6ccccc6)cccc45)ccc3c2)cc1. The minimum Gasteiger partial charge on any atom is -0.456 e. The molecule has 0 bridgehead atoms. The number of hydrogen-bond acceptors (Lipinski definition) is 3. The van der Waals surface area contributed by atoms with Crippen molar-refractivity contribution in [3.8, 4) is 33.4 Å². The average molecular weight is 704 g/mol. The van der Waals surface area contributed by atoms with Gasteiger partial charge < -0.3 is 13.7 Å². The molecule has 0 aliphatic rings. The van der Waals surface area contributed by atoms with Crippen molar-refractivity contribution in [3.05, 3.63) is 200 Å². The monoisotopic (exact) mass is 703 g/mol. The molecule has 0 saturated carbocycles. The third kappa shape index (κ3) is 5.20. The predicted molar refractivity (Wildman–Crippen MR) is 229 cm³/mol. The van der Waals surface area contributed by atoms with Crippen LogP contribution in [0.2, 0.25) is 0 Å². The van der Waals surface area contributed by atoms with Crippen LogP contribution in [-0.2, 0) is 0 Å². The van der Waals surface area contributed by atoms with Gasteiger partial charge in [-0.1, -0.05) is 152 Å². The molecular weight excluding hydrogens is 671 g/mol. The number of para-hydroxylation sites is 3. The van der Waals surface area contributed by atoms with Gasteiger partial charge in [0.2, 0.25) is 0 Å². The van der Waals surface area contributed by atoms with E-state index in [1.807, 2.05) is 18.2 Å². The molecular formula is C52H33NO2. The summed E-state index contributed by atoms with van der Waals surface area (Å²) < 4.78 is 13.2. The van der Waals surface area contributed by atoms with E-state index in [0.29, 0.717) is 0 Å². The van der Waals surface area contributed by atoms with E-state index >= 15 is 0 Å². The zero-order valence-electron chi connectivity index (χ0n) is 29.8. The van der Waals surface area contributed by atoms with Crippen LogP contribution in [0.5, 0.6) is 0 Å². The van der Waals surface area contributed by atoms with Gasteiger partial charge in [0.05, 0.1) is 5.69 Å². The second kappa shape index (κ2) is 12.6. The maximum atomic E-state index is 6.97. The van der Waals surface area contributed by atoms with Crippen LogP contribution in [0.1, 0.15) is 0 Å². The van der Waals surface area contributed by atoms with Crippen LogP contribution in [-0.4, -0.2) is 0 Å². The molecule has 2 heterocycles. The van der Waals surface area contributed by atoms with Crippen LogP contribution in [0.25, 0.3) is 88.0 Å². The van der Waals surface area contributed by atoms with Gasteiger partial charge in [0.15, 0.2) is 5.58 Å². The van der Waals surface area contributed by atoms with Gasteiger partial charge in [-0.2, -0.15) is 0 Å². The van der Waals surface area contributed by atoms with E-state index in [1.54, 1.807) is 0 Å². The second-order valence-electron chi connectivity index (χ2n) is 14.1. The molecule has 0 amide bonds. The van der Waals surface area contributed by atoms with E-state index in [0.717, 1.165) is 83.2 Å². The predicted octanol–water partition coefficient (Wildman–Crippen LogP) is 15.1. The van der Waals surface area contributed by atoms with E-state index in [-0.39, 0.29) is 0 Å². The minimum absolute atomic E-state index is 0.846. The fourth-order valence-corrected chi connectivity index (χ4v) is 8.24. The Kier molecular flexibility index (Phi) is 7.17. The van der Waals surface area contributed by atoms with E-state index in [1.165, 1.54) is 21.9 Å². The number of furan rings is 2. The molecule has 11 rings (SSSR count). The third-order valence-corrected chi connectivity index (χ3v) is 10.9. The van der Waals surface area contributed by atoms with Crippen LogP contribution < -0.4 is 4.90 Å². The summed E-state index contributed by atoms with van der Waals surface area (Å²) in [6.45, 7) is 0. The van der Waals surface area contributed by atoms with Crippen molar-refractivity contribution in [2.45, 2.75) is 0 Å². The van der Waals surface area contributed by atoms with E-state index < -0.39 is 0 Å². The number of anilines is 3. The molecule has 3 heteroatoms. The van der Waals surface area contributed by atoms with Crippen LogP contribution in [0.3, 0.4) is 0 Å². The van der Waals surface area contributed by atoms with Crippen molar-refractivity contribution in [1.82, 2.24) is 0 Å². The number of hydrogen-bond donors (Lipinski definition) is 0. The second-order valence-corrected chi connectivity index (χ2v) is 14.1. The molecule has 0 N–H and O–H groups in total. The van der Waals surface area contributed by atoms with Crippen molar-refractivity contribution in [3.63, 3.8) is 0 Å². The summed E-state index contributed by atoms with van der Waals surface area (Å²) in [6, 6.07) is 70.9. The molecule has 0 atom stereocenters. The first-order chi connectivity index (χ1) is 27.3. The lowest BCUT2D eigenvalue weighted by Crippen LogP contribution is -2.10. The highest BCUT2D eigenvalue weighted by Crippen LogP contribution is 2.45. The largest absolute Gasteiger partial charge is 0.456 e. The Labute approximate surface area is 317 Å². The molecule has 9 aromatic carbocycles. The zero-order valence-corrected chi connectivity index (χ0v) is 29.8. The lowest BCUT2D eigenvalue weighted by atomic mass is 9.98. The van der Waals surface area contributed by atoms with Crippen LogP contribution >= 0.6 is 0 Å². The molecule has 0 fully saturated rings. The normalized spacial score (nSPS) is 11.6. The van der Waals surface area contributed by atoms with Gasteiger partial charge in [0.25, 0.3) is 0 Å². The van der Waals surface area contributed by atoms with Gasteiger partial charge in [-0.3, -0.25) is 0 Å². The lowest BCUT2D eigenvalue weighted by molar-refractivity contribution is 0.669. The molecule has 0 radical (unpaired) electrons. The lowest BCUT2D eigenvalue weighted by Gasteiger charge is -2.26. The summed E-state index contributed by atoms with van der Waals surface area (Å²) in [5, 5.41) is 6.79. The van der Waals surface area contributed by atoms with Crippen molar-refractivity contribution in [1.29, 1.82) is 0 Å². The van der Waals surface area contributed by atoms with Gasteiger partial charge in [-0.05, 0) is 87.1 Å². The fourth-order valence-electron chi connectivity index (χ4n) is 8.24. The van der Waals surface area contributed by atoms with Crippen molar-refractivity contribution < 1.29 is 8.83 Å². The molecule has 0 aliphatic carbocycles. The number of rotatable bonds is 6. The molecule has 0 saturated heterocycles. The van der Waals surface area contributed by atoms with Gasteiger partial charge in [0, 0.05) is 38.5 Å². The minimum atomic E-state index is 0.846. The summed E-state index contributed by atoms with van der Waals surface area (Å²) in [4.78, 5) is 2.33. The molecule has 2 aromatic heterocycles. The van der Waals surface area contributed by atoms with Crippen LogP contribution in [0.4, 0.5) is 17.1 Å². The standard InChI is InChI=1S/C52H33NO2/c1-3-12-34(13-4-1)37-24-25-39-33-41(31-28-38(39)32-37)53(40-29-26-36(27-30-40)42-17-11-23-49-50(42)46-16-7-8-22-48(46)54-49)47-21-10-20-45-44-19-9-18-43(51(44)55-52(45)47)35-14-5-2-6-15-35/h1-33H. The van der Waals surface area contributed by atoms with Crippen LogP contribution in [0.15, 0.2) is 209 Å². The Morgan fingerprint density at radius 1 is 0.327 bits per heavy atom. The van der Waals surface area contributed by atoms with Gasteiger partial charge in [0.1, 0.15) is 16.7 Å². The molecule has 11 aromatic rings. The van der Waals surface area contributed by atoms with E-state index in [4.69, 9.17) is 8.83 Å². The molecule has 0 unspecified atom stereocenters.